The van der Waals surface area contributed by atoms with Crippen LogP contribution in [-0.2, 0) is 23.9 Å². The minimum absolute atomic E-state index is 0.0334. The number of carboxylic acid groups (broad SMARTS) is 1. The first-order chi connectivity index (χ1) is 9.86. The highest BCUT2D eigenvalue weighted by molar-refractivity contribution is 7.99. The average Bonchev–Trinajstić information content (AvgIpc) is 2.39. The standard InChI is InChI=1S/C12H20N2O6S/c1-2-20-11(17)4-3-8(12(18)19)14-10(16)5-6-21-7-9(13)15/h8H,2-7H2,1H3,(H2,13,15)(H,14,16)(H,18,19)/t8-/m0/s1. The first kappa shape index (κ1) is 19.2. The lowest BCUT2D eigenvalue weighted by molar-refractivity contribution is -0.145. The van der Waals surface area contributed by atoms with Gasteiger partial charge in [-0.1, -0.05) is 0 Å². The van der Waals surface area contributed by atoms with Gasteiger partial charge in [0.25, 0.3) is 0 Å². The number of carbonyl (C=O) groups excluding carboxylic acids is 3. The van der Waals surface area contributed by atoms with Crippen molar-refractivity contribution in [1.82, 2.24) is 5.32 Å². The number of nitrogens with two attached hydrogens (primary N) is 1. The van der Waals surface area contributed by atoms with E-state index in [-0.39, 0.29) is 31.6 Å². The molecule has 0 aliphatic carbocycles. The zero-order valence-electron chi connectivity index (χ0n) is 11.8. The Hall–Kier alpha value is -1.77. The highest BCUT2D eigenvalue weighted by Crippen LogP contribution is 2.04. The van der Waals surface area contributed by atoms with E-state index in [9.17, 15) is 19.2 Å². The Bertz CT molecular complexity index is 388. The van der Waals surface area contributed by atoms with Crippen LogP contribution in [0, 0.1) is 0 Å². The maximum absolute atomic E-state index is 11.6. The maximum Gasteiger partial charge on any atom is 0.326 e. The molecule has 0 aromatic carbocycles. The molecule has 0 bridgehead atoms. The number of carbonyl (C=O) groups is 4. The summed E-state index contributed by atoms with van der Waals surface area (Å²) in [5.74, 6) is -2.17. The number of primary amides is 1. The Balaban J connectivity index is 4.07. The molecule has 21 heavy (non-hydrogen) atoms. The van der Waals surface area contributed by atoms with Gasteiger partial charge in [-0.05, 0) is 13.3 Å². The molecule has 2 amide bonds. The third-order valence-electron chi connectivity index (χ3n) is 2.29. The van der Waals surface area contributed by atoms with Crippen molar-refractivity contribution in [1.29, 1.82) is 0 Å². The highest BCUT2D eigenvalue weighted by atomic mass is 32.2. The van der Waals surface area contributed by atoms with E-state index in [1.165, 1.54) is 11.8 Å². The van der Waals surface area contributed by atoms with Crippen molar-refractivity contribution in [3.05, 3.63) is 0 Å². The molecule has 120 valence electrons. The molecule has 9 heteroatoms. The largest absolute Gasteiger partial charge is 0.480 e. The van der Waals surface area contributed by atoms with Gasteiger partial charge >= 0.3 is 11.9 Å². The summed E-state index contributed by atoms with van der Waals surface area (Å²) in [7, 11) is 0. The SMILES string of the molecule is CCOC(=O)CC[C@H](NC(=O)CCSCC(N)=O)C(=O)O. The molecule has 0 aliphatic heterocycles. The lowest BCUT2D eigenvalue weighted by atomic mass is 10.1. The summed E-state index contributed by atoms with van der Waals surface area (Å²) in [6.45, 7) is 1.87. The van der Waals surface area contributed by atoms with Crippen molar-refractivity contribution in [2.24, 2.45) is 5.73 Å². The minimum atomic E-state index is -1.21. The summed E-state index contributed by atoms with van der Waals surface area (Å²) in [6, 6.07) is -1.14. The molecule has 0 spiro atoms. The Morgan fingerprint density at radius 1 is 1.29 bits per heavy atom. The molecule has 0 radical (unpaired) electrons. The van der Waals surface area contributed by atoms with Crippen molar-refractivity contribution in [3.63, 3.8) is 0 Å². The van der Waals surface area contributed by atoms with E-state index in [1.807, 2.05) is 0 Å². The fourth-order valence-electron chi connectivity index (χ4n) is 1.36. The van der Waals surface area contributed by atoms with Crippen LogP contribution in [0.3, 0.4) is 0 Å². The van der Waals surface area contributed by atoms with Crippen molar-refractivity contribution in [2.75, 3.05) is 18.1 Å². The van der Waals surface area contributed by atoms with Crippen LogP contribution < -0.4 is 11.1 Å². The van der Waals surface area contributed by atoms with Crippen LogP contribution in [0.1, 0.15) is 26.2 Å². The molecule has 0 aromatic heterocycles. The molecule has 0 heterocycles. The number of aliphatic carboxylic acids is 1. The van der Waals surface area contributed by atoms with Gasteiger partial charge in [0.05, 0.1) is 12.4 Å². The van der Waals surface area contributed by atoms with Gasteiger partial charge in [-0.15, -0.1) is 0 Å². The molecule has 1 atom stereocenters. The fourth-order valence-corrected chi connectivity index (χ4v) is 2.03. The van der Waals surface area contributed by atoms with Gasteiger partial charge in [0, 0.05) is 18.6 Å². The molecule has 0 saturated heterocycles. The predicted molar refractivity (Wildman–Crippen MR) is 76.6 cm³/mol. The van der Waals surface area contributed by atoms with Crippen molar-refractivity contribution < 1.29 is 29.0 Å². The number of esters is 1. The van der Waals surface area contributed by atoms with Crippen LogP contribution in [-0.4, -0.2) is 53.0 Å². The first-order valence-corrected chi connectivity index (χ1v) is 7.56. The predicted octanol–water partition coefficient (Wildman–Crippen LogP) is -0.492. The number of hydrogen-bond acceptors (Lipinski definition) is 6. The third-order valence-corrected chi connectivity index (χ3v) is 3.28. The number of thioether (sulfide) groups is 1. The summed E-state index contributed by atoms with van der Waals surface area (Å²) in [4.78, 5) is 44.2. The summed E-state index contributed by atoms with van der Waals surface area (Å²) < 4.78 is 4.69. The van der Waals surface area contributed by atoms with Gasteiger partial charge in [0.2, 0.25) is 11.8 Å². The van der Waals surface area contributed by atoms with E-state index in [1.54, 1.807) is 6.92 Å². The van der Waals surface area contributed by atoms with E-state index in [2.05, 4.69) is 10.1 Å². The molecular formula is C12H20N2O6S. The number of rotatable bonds is 11. The van der Waals surface area contributed by atoms with E-state index >= 15 is 0 Å². The number of hydrogen-bond donors (Lipinski definition) is 3. The van der Waals surface area contributed by atoms with E-state index < -0.39 is 29.8 Å². The second-order valence-corrected chi connectivity index (χ2v) is 5.18. The molecule has 8 nitrogen and oxygen atoms in total. The molecule has 0 saturated carbocycles. The zero-order valence-corrected chi connectivity index (χ0v) is 12.6. The number of ether oxygens (including phenoxy) is 1. The van der Waals surface area contributed by atoms with Crippen molar-refractivity contribution in [3.8, 4) is 0 Å². The van der Waals surface area contributed by atoms with E-state index in [0.717, 1.165) is 0 Å². The maximum atomic E-state index is 11.6. The lowest BCUT2D eigenvalue weighted by Gasteiger charge is -2.14. The number of carboxylic acids is 1. The fraction of sp³-hybridized carbons (Fsp3) is 0.667. The third kappa shape index (κ3) is 10.7. The van der Waals surface area contributed by atoms with Crippen LogP contribution in [0.15, 0.2) is 0 Å². The molecule has 0 fully saturated rings. The molecule has 0 unspecified atom stereocenters. The van der Waals surface area contributed by atoms with Crippen molar-refractivity contribution in [2.45, 2.75) is 32.2 Å². The Labute approximate surface area is 126 Å². The second-order valence-electron chi connectivity index (χ2n) is 4.07. The molecule has 0 rings (SSSR count). The lowest BCUT2D eigenvalue weighted by Crippen LogP contribution is -2.41. The average molecular weight is 320 g/mol. The van der Waals surface area contributed by atoms with E-state index in [0.29, 0.717) is 5.75 Å². The quantitative estimate of drug-likeness (QED) is 0.345. The van der Waals surface area contributed by atoms with Gasteiger partial charge in [0.15, 0.2) is 0 Å². The summed E-state index contributed by atoms with van der Waals surface area (Å²) in [5.41, 5.74) is 4.94. The number of nitrogens with one attached hydrogen (secondary N) is 1. The summed E-state index contributed by atoms with van der Waals surface area (Å²) in [6.07, 6.45) is -0.0447. The molecule has 4 N–H and O–H groups in total. The van der Waals surface area contributed by atoms with Crippen molar-refractivity contribution >= 4 is 35.5 Å². The topological polar surface area (TPSA) is 136 Å². The van der Waals surface area contributed by atoms with Crippen LogP contribution >= 0.6 is 11.8 Å². The van der Waals surface area contributed by atoms with Gasteiger partial charge in [-0.25, -0.2) is 4.79 Å². The molecule has 0 aromatic rings. The monoisotopic (exact) mass is 320 g/mol. The Morgan fingerprint density at radius 2 is 1.95 bits per heavy atom. The second kappa shape index (κ2) is 11.0. The van der Waals surface area contributed by atoms with E-state index in [4.69, 9.17) is 10.8 Å². The molecule has 0 aliphatic rings. The normalized spacial score (nSPS) is 11.5. The zero-order chi connectivity index (χ0) is 16.3. The summed E-state index contributed by atoms with van der Waals surface area (Å²) >= 11 is 1.19. The van der Waals surface area contributed by atoms with Gasteiger partial charge in [-0.3, -0.25) is 14.4 Å². The van der Waals surface area contributed by atoms with Crippen LogP contribution in [0.5, 0.6) is 0 Å². The minimum Gasteiger partial charge on any atom is -0.480 e. The van der Waals surface area contributed by atoms with Gasteiger partial charge < -0.3 is 20.9 Å². The van der Waals surface area contributed by atoms with Crippen LogP contribution in [0.2, 0.25) is 0 Å². The number of amides is 2. The smallest absolute Gasteiger partial charge is 0.326 e. The Kier molecular flexibility index (Phi) is 10.0. The van der Waals surface area contributed by atoms with Crippen LogP contribution in [0.25, 0.3) is 0 Å². The van der Waals surface area contributed by atoms with Crippen LogP contribution in [0.4, 0.5) is 0 Å². The molecular weight excluding hydrogens is 300 g/mol. The van der Waals surface area contributed by atoms with Gasteiger partial charge in [-0.2, -0.15) is 11.8 Å². The Morgan fingerprint density at radius 3 is 2.48 bits per heavy atom. The highest BCUT2D eigenvalue weighted by Gasteiger charge is 2.21. The first-order valence-electron chi connectivity index (χ1n) is 6.40. The van der Waals surface area contributed by atoms with Gasteiger partial charge in [0.1, 0.15) is 6.04 Å². The summed E-state index contributed by atoms with van der Waals surface area (Å²) in [5, 5.41) is 11.3.